The molecule has 0 saturated heterocycles. The first kappa shape index (κ1) is 20.5. The molecule has 1 amide bonds. The number of carbonyl (C=O) groups excluding carboxylic acids is 2. The Morgan fingerprint density at radius 2 is 1.96 bits per heavy atom. The molecule has 0 atom stereocenters. The van der Waals surface area contributed by atoms with Gasteiger partial charge in [-0.2, -0.15) is 0 Å². The smallest absolute Gasteiger partial charge is 0.331 e. The largest absolute Gasteiger partial charge is 0.464 e. The monoisotopic (exact) mass is 402 g/mol. The topological polar surface area (TPSA) is 81.4 Å². The number of ether oxygens (including phenoxy) is 1. The van der Waals surface area contributed by atoms with E-state index < -0.39 is 5.54 Å². The Bertz CT molecular complexity index is 785. The van der Waals surface area contributed by atoms with E-state index >= 15 is 0 Å². The van der Waals surface area contributed by atoms with Crippen molar-refractivity contribution in [3.05, 3.63) is 42.3 Å². The average molecular weight is 403 g/mol. The summed E-state index contributed by atoms with van der Waals surface area (Å²) < 4.78 is 10.7. The van der Waals surface area contributed by atoms with Gasteiger partial charge in [0.2, 0.25) is 11.8 Å². The van der Waals surface area contributed by atoms with Crippen molar-refractivity contribution in [1.82, 2.24) is 10.3 Å². The third kappa shape index (κ3) is 5.16. The molecule has 150 valence electrons. The fourth-order valence-electron chi connectivity index (χ4n) is 3.44. The molecule has 0 unspecified atom stereocenters. The predicted octanol–water partition coefficient (Wildman–Crippen LogP) is 3.96. The van der Waals surface area contributed by atoms with Crippen molar-refractivity contribution in [2.75, 3.05) is 12.4 Å². The molecule has 0 spiro atoms. The van der Waals surface area contributed by atoms with Crippen LogP contribution in [0.15, 0.2) is 41.0 Å². The summed E-state index contributed by atoms with van der Waals surface area (Å²) in [5.41, 5.74) is 0.847. The molecule has 7 heteroatoms. The molecule has 1 aliphatic carbocycles. The van der Waals surface area contributed by atoms with E-state index in [0.717, 1.165) is 30.5 Å². The van der Waals surface area contributed by atoms with E-state index in [-0.39, 0.29) is 17.6 Å². The lowest BCUT2D eigenvalue weighted by atomic mass is 9.81. The van der Waals surface area contributed by atoms with Crippen molar-refractivity contribution in [2.24, 2.45) is 0 Å². The van der Waals surface area contributed by atoms with Crippen molar-refractivity contribution in [2.45, 2.75) is 50.3 Å². The standard InChI is InChI=1S/C21H26N2O4S/c1-2-26-20(25)21(11-7-4-8-12-21)23-18(24)15-28-14-17-13-27-19(22-17)16-9-5-3-6-10-16/h3,5-6,9-10,13H,2,4,7-8,11-12,14-15H2,1H3,(H,23,24). The minimum absolute atomic E-state index is 0.147. The molecule has 2 aromatic rings. The molecule has 3 rings (SSSR count). The van der Waals surface area contributed by atoms with Gasteiger partial charge >= 0.3 is 5.97 Å². The number of nitrogens with zero attached hydrogens (tertiary/aromatic N) is 1. The highest BCUT2D eigenvalue weighted by atomic mass is 32.2. The van der Waals surface area contributed by atoms with Crippen LogP contribution >= 0.6 is 11.8 Å². The van der Waals surface area contributed by atoms with Gasteiger partial charge < -0.3 is 14.5 Å². The minimum atomic E-state index is -0.861. The van der Waals surface area contributed by atoms with Crippen LogP contribution in [0.5, 0.6) is 0 Å². The summed E-state index contributed by atoms with van der Waals surface area (Å²) >= 11 is 1.45. The quantitative estimate of drug-likeness (QED) is 0.673. The van der Waals surface area contributed by atoms with Crippen molar-refractivity contribution in [1.29, 1.82) is 0 Å². The first-order chi connectivity index (χ1) is 13.6. The van der Waals surface area contributed by atoms with Crippen LogP contribution in [0.1, 0.15) is 44.7 Å². The molecule has 0 aliphatic heterocycles. The van der Waals surface area contributed by atoms with Gasteiger partial charge in [-0.15, -0.1) is 11.8 Å². The van der Waals surface area contributed by atoms with Gasteiger partial charge in [-0.25, -0.2) is 9.78 Å². The van der Waals surface area contributed by atoms with E-state index in [4.69, 9.17) is 9.15 Å². The third-order valence-corrected chi connectivity index (χ3v) is 5.77. The predicted molar refractivity (Wildman–Crippen MR) is 109 cm³/mol. The number of benzene rings is 1. The first-order valence-corrected chi connectivity index (χ1v) is 10.8. The van der Waals surface area contributed by atoms with Crippen LogP contribution in [0, 0.1) is 0 Å². The molecule has 28 heavy (non-hydrogen) atoms. The number of aromatic nitrogens is 1. The summed E-state index contributed by atoms with van der Waals surface area (Å²) in [4.78, 5) is 29.3. The summed E-state index contributed by atoms with van der Waals surface area (Å²) in [7, 11) is 0. The van der Waals surface area contributed by atoms with E-state index in [1.54, 1.807) is 13.2 Å². The zero-order valence-corrected chi connectivity index (χ0v) is 16.9. The number of hydrogen-bond donors (Lipinski definition) is 1. The number of esters is 1. The van der Waals surface area contributed by atoms with Crippen LogP contribution in [0.25, 0.3) is 11.5 Å². The zero-order valence-electron chi connectivity index (χ0n) is 16.1. The van der Waals surface area contributed by atoms with E-state index in [1.165, 1.54) is 11.8 Å². The van der Waals surface area contributed by atoms with Crippen LogP contribution in [0.2, 0.25) is 0 Å². The second-order valence-electron chi connectivity index (χ2n) is 6.91. The molecule has 1 heterocycles. The summed E-state index contributed by atoms with van der Waals surface area (Å²) in [5, 5.41) is 2.96. The van der Waals surface area contributed by atoms with E-state index in [2.05, 4.69) is 10.3 Å². The highest BCUT2D eigenvalue weighted by Gasteiger charge is 2.42. The fraction of sp³-hybridized carbons (Fsp3) is 0.476. The maximum Gasteiger partial charge on any atom is 0.331 e. The van der Waals surface area contributed by atoms with Crippen molar-refractivity contribution < 1.29 is 18.7 Å². The molecule has 1 aromatic carbocycles. The lowest BCUT2D eigenvalue weighted by molar-refractivity contribution is -0.154. The van der Waals surface area contributed by atoms with Gasteiger partial charge in [-0.1, -0.05) is 37.5 Å². The lowest BCUT2D eigenvalue weighted by Crippen LogP contribution is -2.56. The van der Waals surface area contributed by atoms with Gasteiger partial charge in [0.25, 0.3) is 0 Å². The second-order valence-corrected chi connectivity index (χ2v) is 7.90. The third-order valence-electron chi connectivity index (χ3n) is 4.81. The van der Waals surface area contributed by atoms with Gasteiger partial charge in [0.1, 0.15) is 11.8 Å². The number of nitrogens with one attached hydrogen (secondary N) is 1. The van der Waals surface area contributed by atoms with Crippen LogP contribution in [0.4, 0.5) is 0 Å². The lowest BCUT2D eigenvalue weighted by Gasteiger charge is -2.35. The summed E-state index contributed by atoms with van der Waals surface area (Å²) in [6.45, 7) is 2.11. The average Bonchev–Trinajstić information content (AvgIpc) is 3.18. The number of rotatable bonds is 8. The maximum absolute atomic E-state index is 12.5. The molecule has 0 radical (unpaired) electrons. The molecule has 1 aliphatic rings. The molecular weight excluding hydrogens is 376 g/mol. The van der Waals surface area contributed by atoms with E-state index in [0.29, 0.717) is 31.1 Å². The number of carbonyl (C=O) groups is 2. The van der Waals surface area contributed by atoms with Crippen LogP contribution in [0.3, 0.4) is 0 Å². The first-order valence-electron chi connectivity index (χ1n) is 9.69. The van der Waals surface area contributed by atoms with E-state index in [1.807, 2.05) is 30.3 Å². The van der Waals surface area contributed by atoms with Gasteiger partial charge in [0.05, 0.1) is 18.1 Å². The van der Waals surface area contributed by atoms with Crippen molar-refractivity contribution in [3.8, 4) is 11.5 Å². The van der Waals surface area contributed by atoms with Gasteiger partial charge in [-0.05, 0) is 31.9 Å². The number of hydrogen-bond acceptors (Lipinski definition) is 6. The Kier molecular flexibility index (Phi) is 7.14. The Hall–Kier alpha value is -2.28. The van der Waals surface area contributed by atoms with Crippen molar-refractivity contribution in [3.63, 3.8) is 0 Å². The highest BCUT2D eigenvalue weighted by molar-refractivity contribution is 7.99. The Labute approximate surface area is 169 Å². The van der Waals surface area contributed by atoms with Crippen LogP contribution in [-0.2, 0) is 20.1 Å². The second kappa shape index (κ2) is 9.78. The van der Waals surface area contributed by atoms with Crippen LogP contribution in [-0.4, -0.2) is 34.8 Å². The molecular formula is C21H26N2O4S. The summed E-state index contributed by atoms with van der Waals surface area (Å²) in [5.74, 6) is 0.943. The SMILES string of the molecule is CCOC(=O)C1(NC(=O)CSCc2coc(-c3ccccc3)n2)CCCCC1. The number of oxazole rings is 1. The molecule has 1 fully saturated rings. The van der Waals surface area contributed by atoms with Gasteiger partial charge in [-0.3, -0.25) is 4.79 Å². The molecule has 1 aromatic heterocycles. The van der Waals surface area contributed by atoms with Gasteiger partial charge in [0, 0.05) is 11.3 Å². The van der Waals surface area contributed by atoms with Crippen LogP contribution < -0.4 is 5.32 Å². The normalized spacial score (nSPS) is 15.8. The van der Waals surface area contributed by atoms with Gasteiger partial charge in [0.15, 0.2) is 0 Å². The fourth-order valence-corrected chi connectivity index (χ4v) is 4.14. The molecule has 1 saturated carbocycles. The summed E-state index contributed by atoms with van der Waals surface area (Å²) in [6, 6.07) is 9.69. The Morgan fingerprint density at radius 1 is 1.21 bits per heavy atom. The van der Waals surface area contributed by atoms with Crippen molar-refractivity contribution >= 4 is 23.6 Å². The minimum Gasteiger partial charge on any atom is -0.464 e. The molecule has 0 bridgehead atoms. The highest BCUT2D eigenvalue weighted by Crippen LogP contribution is 2.30. The number of amides is 1. The Balaban J connectivity index is 1.51. The molecule has 1 N–H and O–H groups in total. The maximum atomic E-state index is 12.5. The van der Waals surface area contributed by atoms with E-state index in [9.17, 15) is 9.59 Å². The molecule has 6 nitrogen and oxygen atoms in total. The zero-order chi connectivity index (χ0) is 19.8. The Morgan fingerprint density at radius 3 is 2.68 bits per heavy atom. The number of thioether (sulfide) groups is 1. The summed E-state index contributed by atoms with van der Waals surface area (Å²) in [6.07, 6.45) is 5.84.